The average molecular weight is 560 g/mol. The van der Waals surface area contributed by atoms with Gasteiger partial charge in [-0.1, -0.05) is 109 Å². The Morgan fingerprint density at radius 1 is 0.452 bits per heavy atom. The Bertz CT molecular complexity index is 2260. The molecule has 4 nitrogen and oxygen atoms in total. The predicted molar refractivity (Wildman–Crippen MR) is 171 cm³/mol. The van der Waals surface area contributed by atoms with E-state index in [-0.39, 0.29) is 5.28 Å². The highest BCUT2D eigenvalue weighted by Gasteiger charge is 2.17. The van der Waals surface area contributed by atoms with Crippen molar-refractivity contribution in [1.82, 2.24) is 15.0 Å². The van der Waals surface area contributed by atoms with Gasteiger partial charge in [-0.05, 0) is 68.9 Å². The van der Waals surface area contributed by atoms with Crippen molar-refractivity contribution < 1.29 is 4.42 Å². The van der Waals surface area contributed by atoms with Crippen LogP contribution in [0, 0.1) is 0 Å². The fraction of sp³-hybridized carbons (Fsp3) is 0. The largest absolute Gasteiger partial charge is 0.456 e. The maximum atomic E-state index is 6.54. The van der Waals surface area contributed by atoms with Gasteiger partial charge >= 0.3 is 0 Å². The summed E-state index contributed by atoms with van der Waals surface area (Å²) in [7, 11) is 0. The minimum atomic E-state index is 0.142. The lowest BCUT2D eigenvalue weighted by Gasteiger charge is -2.10. The zero-order valence-electron chi connectivity index (χ0n) is 22.3. The van der Waals surface area contributed by atoms with Crippen molar-refractivity contribution in [3.8, 4) is 45.0 Å². The SMILES string of the molecule is Clc1nc(-c2ccc3c(-c4ccccc4)cccc3c2)nc(-c2cccc3oc4ccc(-c5ccccc5)cc4c23)n1. The Kier molecular flexibility index (Phi) is 5.80. The van der Waals surface area contributed by atoms with Crippen molar-refractivity contribution in [2.24, 2.45) is 0 Å². The molecule has 0 bridgehead atoms. The van der Waals surface area contributed by atoms with Crippen LogP contribution in [0.4, 0.5) is 0 Å². The van der Waals surface area contributed by atoms with E-state index < -0.39 is 0 Å². The molecule has 0 spiro atoms. The molecular weight excluding hydrogens is 538 g/mol. The van der Waals surface area contributed by atoms with Crippen molar-refractivity contribution in [2.75, 3.05) is 0 Å². The van der Waals surface area contributed by atoms with Crippen LogP contribution in [0.1, 0.15) is 0 Å². The molecule has 0 atom stereocenters. The molecule has 0 amide bonds. The minimum absolute atomic E-state index is 0.142. The number of benzene rings is 6. The first-order chi connectivity index (χ1) is 20.7. The number of aromatic nitrogens is 3. The second kappa shape index (κ2) is 9.95. The molecule has 0 radical (unpaired) electrons. The standard InChI is InChI=1S/C37H22ClN3O/c38-37-40-35(27-17-19-29-26(21-27)13-7-14-28(29)24-11-5-2-6-12-24)39-36(41-37)30-15-8-16-33-34(30)31-22-25(18-20-32(31)42-33)23-9-3-1-4-10-23/h1-22H. The first-order valence-electron chi connectivity index (χ1n) is 13.7. The zero-order chi connectivity index (χ0) is 28.0. The number of hydrogen-bond donors (Lipinski definition) is 0. The highest BCUT2D eigenvalue weighted by molar-refractivity contribution is 6.28. The van der Waals surface area contributed by atoms with Crippen LogP contribution in [0.5, 0.6) is 0 Å². The third-order valence-corrected chi connectivity index (χ3v) is 7.84. The predicted octanol–water partition coefficient (Wildman–Crippen LogP) is 10.2. The summed E-state index contributed by atoms with van der Waals surface area (Å²) in [5, 5.41) is 4.35. The molecule has 6 aromatic carbocycles. The van der Waals surface area contributed by atoms with E-state index in [0.29, 0.717) is 11.6 Å². The molecule has 5 heteroatoms. The van der Waals surface area contributed by atoms with Crippen LogP contribution in [0.3, 0.4) is 0 Å². The Morgan fingerprint density at radius 2 is 1.17 bits per heavy atom. The third kappa shape index (κ3) is 4.21. The molecule has 2 aromatic heterocycles. The molecule has 42 heavy (non-hydrogen) atoms. The second-order valence-electron chi connectivity index (χ2n) is 10.2. The molecule has 0 aliphatic heterocycles. The van der Waals surface area contributed by atoms with Crippen molar-refractivity contribution in [3.05, 3.63) is 139 Å². The summed E-state index contributed by atoms with van der Waals surface area (Å²) in [6.07, 6.45) is 0. The monoisotopic (exact) mass is 559 g/mol. The van der Waals surface area contributed by atoms with Gasteiger partial charge in [-0.25, -0.2) is 4.98 Å². The Hall–Kier alpha value is -5.32. The summed E-state index contributed by atoms with van der Waals surface area (Å²) in [5.74, 6) is 1.02. The highest BCUT2D eigenvalue weighted by Crippen LogP contribution is 2.38. The fourth-order valence-electron chi connectivity index (χ4n) is 5.72. The van der Waals surface area contributed by atoms with Gasteiger partial charge in [0.1, 0.15) is 11.2 Å². The van der Waals surface area contributed by atoms with Crippen molar-refractivity contribution in [1.29, 1.82) is 0 Å². The van der Waals surface area contributed by atoms with Gasteiger partial charge in [0.05, 0.1) is 0 Å². The maximum Gasteiger partial charge on any atom is 0.226 e. The molecule has 0 fully saturated rings. The van der Waals surface area contributed by atoms with Crippen LogP contribution < -0.4 is 0 Å². The Balaban J connectivity index is 1.27. The van der Waals surface area contributed by atoms with E-state index in [9.17, 15) is 0 Å². The number of rotatable bonds is 4. The van der Waals surface area contributed by atoms with E-state index in [4.69, 9.17) is 21.0 Å². The molecule has 0 unspecified atom stereocenters. The first kappa shape index (κ1) is 24.5. The van der Waals surface area contributed by atoms with Crippen LogP contribution in [0.2, 0.25) is 5.28 Å². The van der Waals surface area contributed by atoms with Crippen LogP contribution in [0.25, 0.3) is 77.7 Å². The number of hydrogen-bond acceptors (Lipinski definition) is 4. The van der Waals surface area contributed by atoms with Gasteiger partial charge in [-0.2, -0.15) is 9.97 Å². The normalized spacial score (nSPS) is 11.5. The third-order valence-electron chi connectivity index (χ3n) is 7.67. The molecular formula is C37H22ClN3O. The Morgan fingerprint density at radius 3 is 2.00 bits per heavy atom. The van der Waals surface area contributed by atoms with Gasteiger partial charge < -0.3 is 4.42 Å². The second-order valence-corrected chi connectivity index (χ2v) is 10.6. The van der Waals surface area contributed by atoms with Gasteiger partial charge in [-0.15, -0.1) is 0 Å². The van der Waals surface area contributed by atoms with Crippen LogP contribution in [-0.2, 0) is 0 Å². The molecule has 0 saturated carbocycles. The first-order valence-corrected chi connectivity index (χ1v) is 14.1. The molecule has 8 aromatic rings. The summed E-state index contributed by atoms with van der Waals surface area (Å²) in [6.45, 7) is 0. The smallest absolute Gasteiger partial charge is 0.226 e. The van der Waals surface area contributed by atoms with Crippen LogP contribution in [-0.4, -0.2) is 15.0 Å². The summed E-state index contributed by atoms with van der Waals surface area (Å²) in [5.41, 5.74) is 7.90. The van der Waals surface area contributed by atoms with Gasteiger partial charge in [-0.3, -0.25) is 0 Å². The number of fused-ring (bicyclic) bond motifs is 4. The number of furan rings is 1. The van der Waals surface area contributed by atoms with E-state index in [2.05, 4.69) is 88.8 Å². The van der Waals surface area contributed by atoms with Crippen LogP contribution in [0.15, 0.2) is 138 Å². The topological polar surface area (TPSA) is 51.8 Å². The van der Waals surface area contributed by atoms with Crippen molar-refractivity contribution in [3.63, 3.8) is 0 Å². The van der Waals surface area contributed by atoms with Gasteiger partial charge in [0.25, 0.3) is 0 Å². The van der Waals surface area contributed by atoms with E-state index in [1.54, 1.807) is 0 Å². The summed E-state index contributed by atoms with van der Waals surface area (Å²) in [4.78, 5) is 14.0. The molecule has 2 heterocycles. The molecule has 0 aliphatic carbocycles. The number of halogens is 1. The minimum Gasteiger partial charge on any atom is -0.456 e. The summed E-state index contributed by atoms with van der Waals surface area (Å²) < 4.78 is 6.24. The van der Waals surface area contributed by atoms with Crippen molar-refractivity contribution in [2.45, 2.75) is 0 Å². The summed E-state index contributed by atoms with van der Waals surface area (Å²) >= 11 is 6.54. The lowest BCUT2D eigenvalue weighted by atomic mass is 9.97. The molecule has 0 aliphatic rings. The van der Waals surface area contributed by atoms with Crippen LogP contribution >= 0.6 is 11.6 Å². The Labute approximate surface area is 246 Å². The lowest BCUT2D eigenvalue weighted by Crippen LogP contribution is -1.97. The van der Waals surface area contributed by atoms with E-state index in [0.717, 1.165) is 55.0 Å². The van der Waals surface area contributed by atoms with E-state index in [1.807, 2.05) is 54.6 Å². The fourth-order valence-corrected chi connectivity index (χ4v) is 5.88. The molecule has 8 rings (SSSR count). The van der Waals surface area contributed by atoms with E-state index >= 15 is 0 Å². The van der Waals surface area contributed by atoms with Gasteiger partial charge in [0, 0.05) is 21.9 Å². The molecule has 0 saturated heterocycles. The van der Waals surface area contributed by atoms with Crippen molar-refractivity contribution >= 4 is 44.3 Å². The van der Waals surface area contributed by atoms with E-state index in [1.165, 1.54) is 11.1 Å². The lowest BCUT2D eigenvalue weighted by molar-refractivity contribution is 0.669. The maximum absolute atomic E-state index is 6.54. The summed E-state index contributed by atoms with van der Waals surface area (Å²) in [6, 6.07) is 45.5. The quantitative estimate of drug-likeness (QED) is 0.215. The molecule has 198 valence electrons. The molecule has 0 N–H and O–H groups in total. The van der Waals surface area contributed by atoms with Gasteiger partial charge in [0.15, 0.2) is 11.6 Å². The van der Waals surface area contributed by atoms with Gasteiger partial charge in [0.2, 0.25) is 5.28 Å². The number of nitrogens with zero attached hydrogens (tertiary/aromatic N) is 3. The average Bonchev–Trinajstić information content (AvgIpc) is 3.43. The highest BCUT2D eigenvalue weighted by atomic mass is 35.5. The zero-order valence-corrected chi connectivity index (χ0v) is 23.1.